The van der Waals surface area contributed by atoms with E-state index in [0.717, 1.165) is 44.2 Å². The molecule has 1 unspecified atom stereocenters. The summed E-state index contributed by atoms with van der Waals surface area (Å²) in [5, 5.41) is 9.68. The molecule has 0 bridgehead atoms. The molecule has 0 amide bonds. The van der Waals surface area contributed by atoms with Crippen LogP contribution >= 0.6 is 0 Å². The van der Waals surface area contributed by atoms with Gasteiger partial charge in [0.1, 0.15) is 5.75 Å². The van der Waals surface area contributed by atoms with Crippen molar-refractivity contribution in [3.63, 3.8) is 0 Å². The minimum Gasteiger partial charge on any atom is -0.496 e. The van der Waals surface area contributed by atoms with Gasteiger partial charge in [0.15, 0.2) is 0 Å². The number of hydrogen-bond donors (Lipinski definition) is 1. The van der Waals surface area contributed by atoms with Crippen LogP contribution in [0, 0.1) is 0 Å². The summed E-state index contributed by atoms with van der Waals surface area (Å²) in [4.78, 5) is 2.52. The van der Waals surface area contributed by atoms with Crippen molar-refractivity contribution in [1.29, 1.82) is 0 Å². The first kappa shape index (κ1) is 17.1. The van der Waals surface area contributed by atoms with Crippen molar-refractivity contribution in [2.45, 2.75) is 26.1 Å². The van der Waals surface area contributed by atoms with Crippen LogP contribution in [0.1, 0.15) is 24.2 Å². The molecule has 1 saturated heterocycles. The molecule has 1 N–H and O–H groups in total. The third-order valence-electron chi connectivity index (χ3n) is 5.24. The highest BCUT2D eigenvalue weighted by Crippen LogP contribution is 2.32. The molecule has 5 nitrogen and oxygen atoms in total. The first-order chi connectivity index (χ1) is 12.8. The van der Waals surface area contributed by atoms with E-state index in [4.69, 9.17) is 9.84 Å². The zero-order valence-electron chi connectivity index (χ0n) is 15.5. The Morgan fingerprint density at radius 2 is 1.96 bits per heavy atom. The number of nitrogens with one attached hydrogen (secondary N) is 1. The van der Waals surface area contributed by atoms with Gasteiger partial charge in [-0.25, -0.2) is 0 Å². The molecular weight excluding hydrogens is 324 g/mol. The van der Waals surface area contributed by atoms with E-state index < -0.39 is 0 Å². The second-order valence-corrected chi connectivity index (χ2v) is 6.71. The van der Waals surface area contributed by atoms with E-state index in [9.17, 15) is 0 Å². The third-order valence-corrected chi connectivity index (χ3v) is 5.24. The predicted molar refractivity (Wildman–Crippen MR) is 104 cm³/mol. The number of benzene rings is 2. The Balaban J connectivity index is 1.68. The van der Waals surface area contributed by atoms with Gasteiger partial charge in [0, 0.05) is 43.7 Å². The number of rotatable bonds is 5. The molecule has 1 aliphatic heterocycles. The molecular formula is C21H26N4O. The Hall–Kier alpha value is -2.37. The number of piperazine rings is 1. The van der Waals surface area contributed by atoms with Crippen LogP contribution in [0.2, 0.25) is 0 Å². The molecule has 26 heavy (non-hydrogen) atoms. The van der Waals surface area contributed by atoms with Gasteiger partial charge >= 0.3 is 0 Å². The zero-order valence-corrected chi connectivity index (χ0v) is 15.5. The van der Waals surface area contributed by atoms with Crippen molar-refractivity contribution in [2.75, 3.05) is 26.7 Å². The van der Waals surface area contributed by atoms with E-state index in [1.807, 2.05) is 12.1 Å². The predicted octanol–water partition coefficient (Wildman–Crippen LogP) is 3.21. The molecule has 3 aromatic rings. The van der Waals surface area contributed by atoms with Gasteiger partial charge in [-0.3, -0.25) is 9.58 Å². The van der Waals surface area contributed by atoms with Gasteiger partial charge in [-0.2, -0.15) is 5.10 Å². The van der Waals surface area contributed by atoms with E-state index >= 15 is 0 Å². The minimum atomic E-state index is 0.283. The molecule has 2 heterocycles. The lowest BCUT2D eigenvalue weighted by molar-refractivity contribution is 0.149. The molecule has 0 spiro atoms. The second kappa shape index (κ2) is 7.48. The number of para-hydroxylation sites is 2. The van der Waals surface area contributed by atoms with Gasteiger partial charge in [0.25, 0.3) is 0 Å². The van der Waals surface area contributed by atoms with Gasteiger partial charge in [-0.1, -0.05) is 36.4 Å². The molecule has 1 atom stereocenters. The fourth-order valence-corrected chi connectivity index (χ4v) is 3.93. The van der Waals surface area contributed by atoms with E-state index in [-0.39, 0.29) is 6.04 Å². The molecule has 1 aliphatic rings. The van der Waals surface area contributed by atoms with Crippen molar-refractivity contribution in [3.8, 4) is 5.75 Å². The van der Waals surface area contributed by atoms with Gasteiger partial charge in [-0.15, -0.1) is 0 Å². The minimum absolute atomic E-state index is 0.283. The van der Waals surface area contributed by atoms with Crippen LogP contribution in [0.5, 0.6) is 5.75 Å². The molecule has 4 rings (SSSR count). The molecule has 5 heteroatoms. The van der Waals surface area contributed by atoms with Crippen LogP contribution in [0.25, 0.3) is 10.9 Å². The van der Waals surface area contributed by atoms with Gasteiger partial charge in [-0.05, 0) is 19.1 Å². The summed E-state index contributed by atoms with van der Waals surface area (Å²) in [5.41, 5.74) is 3.61. The number of hydrogen-bond acceptors (Lipinski definition) is 4. The molecule has 1 aromatic heterocycles. The first-order valence-corrected chi connectivity index (χ1v) is 9.34. The van der Waals surface area contributed by atoms with Gasteiger partial charge < -0.3 is 10.1 Å². The number of aromatic nitrogens is 2. The molecule has 0 aliphatic carbocycles. The van der Waals surface area contributed by atoms with Crippen LogP contribution in [-0.2, 0) is 13.1 Å². The summed E-state index contributed by atoms with van der Waals surface area (Å²) in [6, 6.07) is 17.1. The Labute approximate surface area is 154 Å². The lowest BCUT2D eigenvalue weighted by atomic mass is 10.0. The highest BCUT2D eigenvalue weighted by atomic mass is 16.5. The first-order valence-electron chi connectivity index (χ1n) is 9.34. The van der Waals surface area contributed by atoms with Gasteiger partial charge in [0.2, 0.25) is 0 Å². The van der Waals surface area contributed by atoms with Crippen LogP contribution in [0.4, 0.5) is 0 Å². The van der Waals surface area contributed by atoms with Crippen molar-refractivity contribution in [1.82, 2.24) is 20.0 Å². The normalized spacial score (nSPS) is 18.3. The van der Waals surface area contributed by atoms with Crippen LogP contribution in [0.15, 0.2) is 48.5 Å². The van der Waals surface area contributed by atoms with Crippen LogP contribution in [-0.4, -0.2) is 41.4 Å². The SMILES string of the molecule is CCn1nc(CN2CCNCC2c2ccccc2OC)c2ccccc21. The monoisotopic (exact) mass is 350 g/mol. The third kappa shape index (κ3) is 3.08. The van der Waals surface area contributed by atoms with E-state index in [1.54, 1.807) is 7.11 Å². The lowest BCUT2D eigenvalue weighted by Gasteiger charge is -2.36. The van der Waals surface area contributed by atoms with Crippen molar-refractivity contribution < 1.29 is 4.74 Å². The average molecular weight is 350 g/mol. The maximum Gasteiger partial charge on any atom is 0.123 e. The number of ether oxygens (including phenoxy) is 1. The second-order valence-electron chi connectivity index (χ2n) is 6.71. The fourth-order valence-electron chi connectivity index (χ4n) is 3.93. The number of methoxy groups -OCH3 is 1. The summed E-state index contributed by atoms with van der Waals surface area (Å²) in [7, 11) is 1.75. The highest BCUT2D eigenvalue weighted by molar-refractivity contribution is 5.81. The van der Waals surface area contributed by atoms with Crippen LogP contribution in [0.3, 0.4) is 0 Å². The Morgan fingerprint density at radius 1 is 1.15 bits per heavy atom. The van der Waals surface area contributed by atoms with Crippen LogP contribution < -0.4 is 10.1 Å². The lowest BCUT2D eigenvalue weighted by Crippen LogP contribution is -2.45. The molecule has 2 aromatic carbocycles. The maximum absolute atomic E-state index is 5.61. The maximum atomic E-state index is 5.61. The Kier molecular flexibility index (Phi) is 4.91. The summed E-state index contributed by atoms with van der Waals surface area (Å²) in [5.74, 6) is 0.954. The van der Waals surface area contributed by atoms with Crippen molar-refractivity contribution in [2.24, 2.45) is 0 Å². The number of fused-ring (bicyclic) bond motifs is 1. The average Bonchev–Trinajstić information content (AvgIpc) is 3.06. The topological polar surface area (TPSA) is 42.3 Å². The van der Waals surface area contributed by atoms with Gasteiger partial charge in [0.05, 0.1) is 24.4 Å². The Bertz CT molecular complexity index is 889. The summed E-state index contributed by atoms with van der Waals surface area (Å²) in [6.45, 7) is 6.79. The largest absolute Gasteiger partial charge is 0.496 e. The summed E-state index contributed by atoms with van der Waals surface area (Å²) < 4.78 is 7.72. The number of nitrogens with zero attached hydrogens (tertiary/aromatic N) is 3. The number of aryl methyl sites for hydroxylation is 1. The molecule has 1 fully saturated rings. The molecule has 136 valence electrons. The van der Waals surface area contributed by atoms with Crippen molar-refractivity contribution >= 4 is 10.9 Å². The highest BCUT2D eigenvalue weighted by Gasteiger charge is 2.27. The standard InChI is InChI=1S/C21H26N4O/c1-3-25-19-10-6-4-8-16(19)18(23-25)15-24-13-12-22-14-20(24)17-9-5-7-11-21(17)26-2/h4-11,20,22H,3,12-15H2,1-2H3. The van der Waals surface area contributed by atoms with E-state index in [1.165, 1.54) is 16.5 Å². The van der Waals surface area contributed by atoms with Crippen molar-refractivity contribution in [3.05, 3.63) is 59.8 Å². The van der Waals surface area contributed by atoms with E-state index in [0.29, 0.717) is 0 Å². The zero-order chi connectivity index (χ0) is 17.9. The fraction of sp³-hybridized carbons (Fsp3) is 0.381. The summed E-state index contributed by atoms with van der Waals surface area (Å²) in [6.07, 6.45) is 0. The molecule has 0 saturated carbocycles. The smallest absolute Gasteiger partial charge is 0.123 e. The summed E-state index contributed by atoms with van der Waals surface area (Å²) >= 11 is 0. The quantitative estimate of drug-likeness (QED) is 0.767. The van der Waals surface area contributed by atoms with E-state index in [2.05, 4.69) is 58.2 Å². The Morgan fingerprint density at radius 3 is 2.81 bits per heavy atom. The molecule has 0 radical (unpaired) electrons.